The molecule has 1 aromatic heterocycles. The molecule has 19 heavy (non-hydrogen) atoms. The molecule has 1 aliphatic rings. The van der Waals surface area contributed by atoms with E-state index in [9.17, 15) is 0 Å². The summed E-state index contributed by atoms with van der Waals surface area (Å²) in [6, 6.07) is 5.78. The molecular weight excluding hydrogens is 238 g/mol. The van der Waals surface area contributed by atoms with Gasteiger partial charge in [-0.25, -0.2) is 4.98 Å². The summed E-state index contributed by atoms with van der Waals surface area (Å²) in [6.07, 6.45) is 5.60. The van der Waals surface area contributed by atoms with Gasteiger partial charge in [-0.15, -0.1) is 0 Å². The first-order valence-corrected chi connectivity index (χ1v) is 6.77. The van der Waals surface area contributed by atoms with E-state index in [1.54, 1.807) is 7.11 Å². The number of rotatable bonds is 2. The molecule has 0 spiro atoms. The van der Waals surface area contributed by atoms with Crippen molar-refractivity contribution in [2.75, 3.05) is 30.8 Å². The fraction of sp³-hybridized carbons (Fsp3) is 0.400. The minimum absolute atomic E-state index is 0.768. The molecule has 0 amide bonds. The van der Waals surface area contributed by atoms with Gasteiger partial charge in [-0.2, -0.15) is 0 Å². The molecule has 100 valence electrons. The highest BCUT2D eigenvalue weighted by molar-refractivity contribution is 6.04. The van der Waals surface area contributed by atoms with Crippen LogP contribution in [0.25, 0.3) is 10.8 Å². The molecule has 2 heterocycles. The zero-order valence-corrected chi connectivity index (χ0v) is 11.2. The van der Waals surface area contributed by atoms with Crippen molar-refractivity contribution in [1.82, 2.24) is 4.98 Å². The van der Waals surface area contributed by atoms with Crippen molar-refractivity contribution in [2.24, 2.45) is 0 Å². The SMILES string of the molecule is COc1ccc(N)c2c(N3CCCCC3)nccc12. The predicted octanol–water partition coefficient (Wildman–Crippen LogP) is 2.82. The fourth-order valence-corrected chi connectivity index (χ4v) is 2.80. The number of hydrogen-bond donors (Lipinski definition) is 1. The van der Waals surface area contributed by atoms with E-state index < -0.39 is 0 Å². The van der Waals surface area contributed by atoms with Crippen LogP contribution in [0.1, 0.15) is 19.3 Å². The Labute approximate surface area is 113 Å². The number of fused-ring (bicyclic) bond motifs is 1. The Hall–Kier alpha value is -1.97. The van der Waals surface area contributed by atoms with Crippen LogP contribution < -0.4 is 15.4 Å². The van der Waals surface area contributed by atoms with Gasteiger partial charge in [-0.05, 0) is 37.5 Å². The number of nitrogens with two attached hydrogens (primary N) is 1. The number of nitrogens with zero attached hydrogens (tertiary/aromatic N) is 2. The molecule has 0 atom stereocenters. The summed E-state index contributed by atoms with van der Waals surface area (Å²) in [4.78, 5) is 6.89. The van der Waals surface area contributed by atoms with Gasteiger partial charge < -0.3 is 15.4 Å². The van der Waals surface area contributed by atoms with Gasteiger partial charge in [-0.3, -0.25) is 0 Å². The number of ether oxygens (including phenoxy) is 1. The van der Waals surface area contributed by atoms with Crippen LogP contribution in [0.3, 0.4) is 0 Å². The van der Waals surface area contributed by atoms with E-state index in [-0.39, 0.29) is 0 Å². The van der Waals surface area contributed by atoms with Crippen molar-refractivity contribution in [3.63, 3.8) is 0 Å². The van der Waals surface area contributed by atoms with Crippen LogP contribution in [-0.4, -0.2) is 25.2 Å². The lowest BCUT2D eigenvalue weighted by molar-refractivity contribution is 0.420. The standard InChI is InChI=1S/C15H19N3O/c1-19-13-6-5-12(16)14-11(13)7-8-17-15(14)18-9-3-2-4-10-18/h5-8H,2-4,9-10,16H2,1H3. The zero-order valence-electron chi connectivity index (χ0n) is 11.2. The number of piperidine rings is 1. The van der Waals surface area contributed by atoms with E-state index in [1.165, 1.54) is 19.3 Å². The van der Waals surface area contributed by atoms with E-state index in [2.05, 4.69) is 9.88 Å². The van der Waals surface area contributed by atoms with Crippen LogP contribution in [0.15, 0.2) is 24.4 Å². The van der Waals surface area contributed by atoms with Crippen molar-refractivity contribution < 1.29 is 4.74 Å². The second kappa shape index (κ2) is 4.96. The average molecular weight is 257 g/mol. The first-order chi connectivity index (χ1) is 9.31. The number of anilines is 2. The van der Waals surface area contributed by atoms with E-state index in [0.717, 1.165) is 41.1 Å². The quantitative estimate of drug-likeness (QED) is 0.840. The predicted molar refractivity (Wildman–Crippen MR) is 78.8 cm³/mol. The maximum atomic E-state index is 6.17. The second-order valence-electron chi connectivity index (χ2n) is 4.96. The summed E-state index contributed by atoms with van der Waals surface area (Å²) in [6.45, 7) is 2.12. The summed E-state index contributed by atoms with van der Waals surface area (Å²) in [5, 5.41) is 2.06. The molecule has 0 radical (unpaired) electrons. The van der Waals surface area contributed by atoms with E-state index in [4.69, 9.17) is 10.5 Å². The summed E-state index contributed by atoms with van der Waals surface area (Å²) in [5.74, 6) is 1.85. The van der Waals surface area contributed by atoms with Gasteiger partial charge in [0.15, 0.2) is 0 Å². The maximum absolute atomic E-state index is 6.17. The third kappa shape index (κ3) is 2.07. The lowest BCUT2D eigenvalue weighted by Gasteiger charge is -2.29. The highest BCUT2D eigenvalue weighted by Gasteiger charge is 2.17. The van der Waals surface area contributed by atoms with Crippen molar-refractivity contribution in [3.8, 4) is 5.75 Å². The average Bonchev–Trinajstić information content (AvgIpc) is 2.48. The van der Waals surface area contributed by atoms with Crippen LogP contribution in [-0.2, 0) is 0 Å². The highest BCUT2D eigenvalue weighted by atomic mass is 16.5. The molecule has 0 unspecified atom stereocenters. The van der Waals surface area contributed by atoms with Gasteiger partial charge in [0.05, 0.1) is 12.5 Å². The van der Waals surface area contributed by atoms with E-state index >= 15 is 0 Å². The van der Waals surface area contributed by atoms with Crippen molar-refractivity contribution >= 4 is 22.3 Å². The topological polar surface area (TPSA) is 51.4 Å². The molecule has 4 heteroatoms. The number of aromatic nitrogens is 1. The van der Waals surface area contributed by atoms with Crippen LogP contribution in [0.5, 0.6) is 5.75 Å². The Morgan fingerprint density at radius 2 is 1.95 bits per heavy atom. The molecule has 4 nitrogen and oxygen atoms in total. The lowest BCUT2D eigenvalue weighted by Crippen LogP contribution is -2.30. The summed E-state index contributed by atoms with van der Waals surface area (Å²) in [7, 11) is 1.69. The Bertz CT molecular complexity index is 591. The highest BCUT2D eigenvalue weighted by Crippen LogP contribution is 2.36. The molecule has 2 aromatic rings. The molecule has 1 fully saturated rings. The summed E-state index contributed by atoms with van der Waals surface area (Å²) in [5.41, 5.74) is 6.93. The third-order valence-corrected chi connectivity index (χ3v) is 3.77. The van der Waals surface area contributed by atoms with Crippen LogP contribution >= 0.6 is 0 Å². The normalized spacial score (nSPS) is 15.7. The zero-order chi connectivity index (χ0) is 13.2. The number of methoxy groups -OCH3 is 1. The molecule has 2 N–H and O–H groups in total. The molecule has 0 bridgehead atoms. The molecule has 0 aliphatic carbocycles. The first-order valence-electron chi connectivity index (χ1n) is 6.77. The van der Waals surface area contributed by atoms with Crippen molar-refractivity contribution in [3.05, 3.63) is 24.4 Å². The molecule has 0 saturated carbocycles. The Balaban J connectivity index is 2.18. The van der Waals surface area contributed by atoms with Gasteiger partial charge in [0.1, 0.15) is 11.6 Å². The van der Waals surface area contributed by atoms with E-state index in [1.807, 2.05) is 24.4 Å². The fourth-order valence-electron chi connectivity index (χ4n) is 2.80. The Kier molecular flexibility index (Phi) is 3.15. The van der Waals surface area contributed by atoms with Gasteiger partial charge in [-0.1, -0.05) is 0 Å². The lowest BCUT2D eigenvalue weighted by atomic mass is 10.1. The van der Waals surface area contributed by atoms with Crippen LogP contribution in [0, 0.1) is 0 Å². The smallest absolute Gasteiger partial charge is 0.138 e. The molecule has 1 saturated heterocycles. The minimum atomic E-state index is 0.768. The number of benzene rings is 1. The van der Waals surface area contributed by atoms with Crippen molar-refractivity contribution in [1.29, 1.82) is 0 Å². The summed E-state index contributed by atoms with van der Waals surface area (Å²) < 4.78 is 5.42. The van der Waals surface area contributed by atoms with Crippen LogP contribution in [0.2, 0.25) is 0 Å². The molecule has 1 aromatic carbocycles. The maximum Gasteiger partial charge on any atom is 0.138 e. The van der Waals surface area contributed by atoms with Crippen LogP contribution in [0.4, 0.5) is 11.5 Å². The summed E-state index contributed by atoms with van der Waals surface area (Å²) >= 11 is 0. The number of nitrogen functional groups attached to an aromatic ring is 1. The number of pyridine rings is 1. The largest absolute Gasteiger partial charge is 0.496 e. The third-order valence-electron chi connectivity index (χ3n) is 3.77. The van der Waals surface area contributed by atoms with Crippen molar-refractivity contribution in [2.45, 2.75) is 19.3 Å². The van der Waals surface area contributed by atoms with Gasteiger partial charge >= 0.3 is 0 Å². The van der Waals surface area contributed by atoms with Gasteiger partial charge in [0.2, 0.25) is 0 Å². The minimum Gasteiger partial charge on any atom is -0.496 e. The first kappa shape index (κ1) is 12.1. The van der Waals surface area contributed by atoms with Gasteiger partial charge in [0, 0.05) is 30.4 Å². The Morgan fingerprint density at radius 3 is 2.68 bits per heavy atom. The van der Waals surface area contributed by atoms with E-state index in [0.29, 0.717) is 0 Å². The molecule has 1 aliphatic heterocycles. The monoisotopic (exact) mass is 257 g/mol. The number of hydrogen-bond acceptors (Lipinski definition) is 4. The molecular formula is C15H19N3O. The van der Waals surface area contributed by atoms with Gasteiger partial charge in [0.25, 0.3) is 0 Å². The Morgan fingerprint density at radius 1 is 1.16 bits per heavy atom. The molecule has 3 rings (SSSR count). The second-order valence-corrected chi connectivity index (χ2v) is 4.96.